The van der Waals surface area contributed by atoms with E-state index in [4.69, 9.17) is 17.3 Å². The van der Waals surface area contributed by atoms with Gasteiger partial charge in [0.1, 0.15) is 0 Å². The zero-order valence-corrected chi connectivity index (χ0v) is 8.97. The highest BCUT2D eigenvalue weighted by Gasteiger charge is 2.09. The Balaban J connectivity index is 2.83. The van der Waals surface area contributed by atoms with Crippen LogP contribution in [0.5, 0.6) is 0 Å². The van der Waals surface area contributed by atoms with E-state index in [0.717, 1.165) is 12.8 Å². The largest absolute Gasteiger partial charge is 0.399 e. The summed E-state index contributed by atoms with van der Waals surface area (Å²) in [6.45, 7) is 2.05. The molecular formula is C11H14ClNO. The van der Waals surface area contributed by atoms with Crippen LogP contribution in [0.4, 0.5) is 5.69 Å². The highest BCUT2D eigenvalue weighted by Crippen LogP contribution is 2.20. The number of unbranched alkanes of at least 4 members (excludes halogenated alkanes) is 1. The summed E-state index contributed by atoms with van der Waals surface area (Å²) in [5.74, 6) is 0.0733. The molecule has 2 N–H and O–H groups in total. The lowest BCUT2D eigenvalue weighted by Gasteiger charge is -2.03. The lowest BCUT2D eigenvalue weighted by Crippen LogP contribution is -2.00. The molecule has 14 heavy (non-hydrogen) atoms. The summed E-state index contributed by atoms with van der Waals surface area (Å²) in [5, 5.41) is 0.486. The van der Waals surface area contributed by atoms with Crippen molar-refractivity contribution in [1.29, 1.82) is 0 Å². The number of ketones is 1. The topological polar surface area (TPSA) is 43.1 Å². The molecule has 0 amide bonds. The first-order chi connectivity index (χ1) is 6.65. The van der Waals surface area contributed by atoms with Crippen molar-refractivity contribution in [3.05, 3.63) is 28.8 Å². The normalized spacial score (nSPS) is 10.1. The summed E-state index contributed by atoms with van der Waals surface area (Å²) >= 11 is 5.89. The van der Waals surface area contributed by atoms with Gasteiger partial charge in [-0.3, -0.25) is 4.79 Å². The van der Waals surface area contributed by atoms with Crippen LogP contribution in [-0.4, -0.2) is 5.78 Å². The average molecular weight is 212 g/mol. The van der Waals surface area contributed by atoms with Crippen molar-refractivity contribution in [1.82, 2.24) is 0 Å². The van der Waals surface area contributed by atoms with Crippen molar-refractivity contribution in [2.75, 3.05) is 5.73 Å². The van der Waals surface area contributed by atoms with E-state index < -0.39 is 0 Å². The number of carbonyl (C=O) groups excluding carboxylic acids is 1. The summed E-state index contributed by atoms with van der Waals surface area (Å²) in [5.41, 5.74) is 6.70. The van der Waals surface area contributed by atoms with Gasteiger partial charge in [0, 0.05) is 17.7 Å². The molecule has 76 valence electrons. The van der Waals surface area contributed by atoms with Crippen molar-refractivity contribution in [2.24, 2.45) is 0 Å². The highest BCUT2D eigenvalue weighted by atomic mass is 35.5. The fraction of sp³-hybridized carbons (Fsp3) is 0.364. The second-order valence-electron chi connectivity index (χ2n) is 3.27. The second kappa shape index (κ2) is 5.01. The number of halogens is 1. The lowest BCUT2D eigenvalue weighted by molar-refractivity contribution is 0.0980. The first kappa shape index (κ1) is 11.1. The van der Waals surface area contributed by atoms with Gasteiger partial charge in [-0.05, 0) is 24.6 Å². The van der Waals surface area contributed by atoms with Crippen LogP contribution in [0, 0.1) is 0 Å². The second-order valence-corrected chi connectivity index (χ2v) is 3.67. The number of anilines is 1. The molecule has 2 nitrogen and oxygen atoms in total. The molecule has 0 saturated heterocycles. The number of nitrogen functional groups attached to an aromatic ring is 1. The van der Waals surface area contributed by atoms with E-state index in [1.54, 1.807) is 18.2 Å². The van der Waals surface area contributed by atoms with E-state index in [1.807, 2.05) is 6.92 Å². The molecule has 0 aromatic heterocycles. The third-order valence-corrected chi connectivity index (χ3v) is 2.38. The Bertz CT molecular complexity index is 336. The molecule has 0 atom stereocenters. The summed E-state index contributed by atoms with van der Waals surface area (Å²) in [7, 11) is 0. The highest BCUT2D eigenvalue weighted by molar-refractivity contribution is 6.34. The van der Waals surface area contributed by atoms with E-state index >= 15 is 0 Å². The number of benzene rings is 1. The Kier molecular flexibility index (Phi) is 3.96. The van der Waals surface area contributed by atoms with Crippen LogP contribution in [0.1, 0.15) is 36.5 Å². The van der Waals surface area contributed by atoms with Gasteiger partial charge in [-0.15, -0.1) is 0 Å². The zero-order chi connectivity index (χ0) is 10.6. The minimum atomic E-state index is 0.0733. The molecule has 0 aliphatic carbocycles. The van der Waals surface area contributed by atoms with Crippen molar-refractivity contribution in [3.63, 3.8) is 0 Å². The first-order valence-electron chi connectivity index (χ1n) is 4.73. The summed E-state index contributed by atoms with van der Waals surface area (Å²) < 4.78 is 0. The number of rotatable bonds is 4. The minimum absolute atomic E-state index is 0.0733. The summed E-state index contributed by atoms with van der Waals surface area (Å²) in [6, 6.07) is 5.00. The van der Waals surface area contributed by atoms with Gasteiger partial charge in [0.25, 0.3) is 0 Å². The summed E-state index contributed by atoms with van der Waals surface area (Å²) in [6.07, 6.45) is 2.44. The van der Waals surface area contributed by atoms with Gasteiger partial charge >= 0.3 is 0 Å². The third kappa shape index (κ3) is 2.74. The molecule has 3 heteroatoms. The fourth-order valence-electron chi connectivity index (χ4n) is 1.23. The van der Waals surface area contributed by atoms with Crippen molar-refractivity contribution >= 4 is 23.1 Å². The molecule has 0 aliphatic rings. The Morgan fingerprint density at radius 3 is 2.86 bits per heavy atom. The Labute approximate surface area is 89.1 Å². The van der Waals surface area contributed by atoms with Crippen LogP contribution < -0.4 is 5.73 Å². The van der Waals surface area contributed by atoms with E-state index in [-0.39, 0.29) is 5.78 Å². The molecule has 1 aromatic carbocycles. The van der Waals surface area contributed by atoms with E-state index in [2.05, 4.69) is 0 Å². The van der Waals surface area contributed by atoms with Gasteiger partial charge in [-0.2, -0.15) is 0 Å². The molecule has 0 bridgehead atoms. The van der Waals surface area contributed by atoms with Crippen molar-refractivity contribution in [2.45, 2.75) is 26.2 Å². The molecule has 0 saturated carbocycles. The SMILES string of the molecule is CCCCC(=O)c1cc(N)ccc1Cl. The van der Waals surface area contributed by atoms with Gasteiger partial charge in [0.2, 0.25) is 0 Å². The summed E-state index contributed by atoms with van der Waals surface area (Å²) in [4.78, 5) is 11.6. The molecule has 1 aromatic rings. The average Bonchev–Trinajstić information content (AvgIpc) is 2.18. The maximum Gasteiger partial charge on any atom is 0.164 e. The molecule has 0 radical (unpaired) electrons. The smallest absolute Gasteiger partial charge is 0.164 e. The van der Waals surface area contributed by atoms with Crippen molar-refractivity contribution < 1.29 is 4.79 Å². The molecular weight excluding hydrogens is 198 g/mol. The number of nitrogens with two attached hydrogens (primary N) is 1. The van der Waals surface area contributed by atoms with Crippen LogP contribution in [0.25, 0.3) is 0 Å². The number of Topliss-reactive ketones (excluding diaryl/α,β-unsaturated/α-hetero) is 1. The van der Waals surface area contributed by atoms with Crippen molar-refractivity contribution in [3.8, 4) is 0 Å². The van der Waals surface area contributed by atoms with Crippen LogP contribution >= 0.6 is 11.6 Å². The van der Waals surface area contributed by atoms with Crippen LogP contribution in [0.2, 0.25) is 5.02 Å². The van der Waals surface area contributed by atoms with Crippen LogP contribution in [0.3, 0.4) is 0 Å². The standard InChI is InChI=1S/C11H14ClNO/c1-2-3-4-11(14)9-7-8(13)5-6-10(9)12/h5-7H,2-4,13H2,1H3. The maximum atomic E-state index is 11.6. The van der Waals surface area contributed by atoms with Gasteiger partial charge in [-0.1, -0.05) is 24.9 Å². The Morgan fingerprint density at radius 2 is 2.21 bits per heavy atom. The van der Waals surface area contributed by atoms with Crippen LogP contribution in [0.15, 0.2) is 18.2 Å². The first-order valence-corrected chi connectivity index (χ1v) is 5.11. The molecule has 0 aliphatic heterocycles. The molecule has 0 unspecified atom stereocenters. The Hall–Kier alpha value is -1.02. The lowest BCUT2D eigenvalue weighted by atomic mass is 10.1. The van der Waals surface area contributed by atoms with Gasteiger partial charge in [-0.25, -0.2) is 0 Å². The van der Waals surface area contributed by atoms with E-state index in [1.165, 1.54) is 0 Å². The quantitative estimate of drug-likeness (QED) is 0.614. The van der Waals surface area contributed by atoms with E-state index in [9.17, 15) is 4.79 Å². The monoisotopic (exact) mass is 211 g/mol. The molecule has 0 heterocycles. The molecule has 0 fully saturated rings. The fourth-order valence-corrected chi connectivity index (χ4v) is 1.45. The number of hydrogen-bond acceptors (Lipinski definition) is 2. The Morgan fingerprint density at radius 1 is 1.50 bits per heavy atom. The van der Waals surface area contributed by atoms with E-state index in [0.29, 0.717) is 22.7 Å². The molecule has 1 rings (SSSR count). The maximum absolute atomic E-state index is 11.6. The third-order valence-electron chi connectivity index (χ3n) is 2.05. The zero-order valence-electron chi connectivity index (χ0n) is 8.22. The van der Waals surface area contributed by atoms with Gasteiger partial charge < -0.3 is 5.73 Å². The minimum Gasteiger partial charge on any atom is -0.399 e. The van der Waals surface area contributed by atoms with Gasteiger partial charge in [0.05, 0.1) is 5.02 Å². The predicted octanol–water partition coefficient (Wildman–Crippen LogP) is 3.30. The van der Waals surface area contributed by atoms with Crippen LogP contribution in [-0.2, 0) is 0 Å². The number of carbonyl (C=O) groups is 1. The van der Waals surface area contributed by atoms with Gasteiger partial charge in [0.15, 0.2) is 5.78 Å². The number of hydrogen-bond donors (Lipinski definition) is 1. The predicted molar refractivity (Wildman–Crippen MR) is 59.7 cm³/mol. The molecule has 0 spiro atoms.